The van der Waals surface area contributed by atoms with Gasteiger partial charge in [0.05, 0.1) is 11.0 Å². The Morgan fingerprint density at radius 2 is 2.30 bits per heavy atom. The Bertz CT molecular complexity index is 716. The van der Waals surface area contributed by atoms with Gasteiger partial charge in [0.25, 0.3) is 0 Å². The standard InChI is InChI=1S/C16H19FN4O2/c1-2-15-18-8-10-20(15)12-5-4-9-19(11-12)14-7-3-6-13(17)16(14)21(22)23/h3,6-8,10,12H,2,4-5,9,11H2,1H3/t12-/m1/s1. The number of nitrogens with zero attached hydrogens (tertiary/aromatic N) is 4. The van der Waals surface area contributed by atoms with Crippen molar-refractivity contribution >= 4 is 11.4 Å². The first-order chi connectivity index (χ1) is 11.1. The summed E-state index contributed by atoms with van der Waals surface area (Å²) in [7, 11) is 0. The van der Waals surface area contributed by atoms with E-state index in [1.165, 1.54) is 6.07 Å². The van der Waals surface area contributed by atoms with Crippen LogP contribution in [0.25, 0.3) is 0 Å². The molecule has 0 aliphatic carbocycles. The summed E-state index contributed by atoms with van der Waals surface area (Å²) in [4.78, 5) is 16.8. The highest BCUT2D eigenvalue weighted by Crippen LogP contribution is 2.34. The summed E-state index contributed by atoms with van der Waals surface area (Å²) in [6.45, 7) is 3.36. The number of benzene rings is 1. The zero-order valence-electron chi connectivity index (χ0n) is 13.0. The van der Waals surface area contributed by atoms with E-state index in [2.05, 4.69) is 16.5 Å². The van der Waals surface area contributed by atoms with Crippen LogP contribution in [0.4, 0.5) is 15.8 Å². The fourth-order valence-electron chi connectivity index (χ4n) is 3.29. The second kappa shape index (κ2) is 6.36. The number of anilines is 1. The molecular weight excluding hydrogens is 299 g/mol. The van der Waals surface area contributed by atoms with Gasteiger partial charge in [-0.15, -0.1) is 0 Å². The van der Waals surface area contributed by atoms with E-state index in [0.717, 1.165) is 31.2 Å². The van der Waals surface area contributed by atoms with E-state index in [1.54, 1.807) is 12.3 Å². The van der Waals surface area contributed by atoms with Crippen molar-refractivity contribution in [3.05, 3.63) is 52.3 Å². The van der Waals surface area contributed by atoms with Crippen molar-refractivity contribution in [2.24, 2.45) is 0 Å². The van der Waals surface area contributed by atoms with E-state index in [9.17, 15) is 14.5 Å². The Morgan fingerprint density at radius 3 is 3.04 bits per heavy atom. The fraction of sp³-hybridized carbons (Fsp3) is 0.438. The number of nitro groups is 1. The molecule has 1 aromatic carbocycles. The molecule has 23 heavy (non-hydrogen) atoms. The van der Waals surface area contributed by atoms with Crippen LogP contribution in [0.5, 0.6) is 0 Å². The first-order valence-corrected chi connectivity index (χ1v) is 7.81. The molecule has 2 heterocycles. The molecule has 1 aromatic heterocycles. The first kappa shape index (κ1) is 15.5. The van der Waals surface area contributed by atoms with Crippen LogP contribution < -0.4 is 4.90 Å². The Balaban J connectivity index is 1.90. The maximum Gasteiger partial charge on any atom is 0.327 e. The molecule has 6 nitrogen and oxygen atoms in total. The summed E-state index contributed by atoms with van der Waals surface area (Å²) < 4.78 is 16.0. The lowest BCUT2D eigenvalue weighted by atomic mass is 10.0. The predicted octanol–water partition coefficient (Wildman–Crippen LogP) is 3.33. The second-order valence-corrected chi connectivity index (χ2v) is 5.71. The summed E-state index contributed by atoms with van der Waals surface area (Å²) in [6.07, 6.45) is 6.46. The predicted molar refractivity (Wildman–Crippen MR) is 85.1 cm³/mol. The second-order valence-electron chi connectivity index (χ2n) is 5.71. The van der Waals surface area contributed by atoms with Crippen molar-refractivity contribution < 1.29 is 9.31 Å². The number of aryl methyl sites for hydroxylation is 1. The smallest absolute Gasteiger partial charge is 0.327 e. The highest BCUT2D eigenvalue weighted by Gasteiger charge is 2.29. The largest absolute Gasteiger partial charge is 0.364 e. The number of hydrogen-bond acceptors (Lipinski definition) is 4. The monoisotopic (exact) mass is 318 g/mol. The lowest BCUT2D eigenvalue weighted by Gasteiger charge is -2.35. The Hall–Kier alpha value is -2.44. The number of aromatic nitrogens is 2. The molecule has 1 saturated heterocycles. The van der Waals surface area contributed by atoms with Crippen molar-refractivity contribution in [1.82, 2.24) is 9.55 Å². The molecule has 0 spiro atoms. The lowest BCUT2D eigenvalue weighted by molar-refractivity contribution is -0.386. The molecule has 0 radical (unpaired) electrons. The summed E-state index contributed by atoms with van der Waals surface area (Å²) in [6, 6.07) is 4.48. The highest BCUT2D eigenvalue weighted by molar-refractivity contribution is 5.64. The van der Waals surface area contributed by atoms with Gasteiger partial charge in [0.15, 0.2) is 0 Å². The minimum Gasteiger partial charge on any atom is -0.364 e. The molecule has 1 aliphatic heterocycles. The van der Waals surface area contributed by atoms with Gasteiger partial charge in [-0.3, -0.25) is 10.1 Å². The molecule has 1 fully saturated rings. The number of hydrogen-bond donors (Lipinski definition) is 0. The molecule has 1 atom stereocenters. The third-order valence-corrected chi connectivity index (χ3v) is 4.34. The van der Waals surface area contributed by atoms with E-state index in [-0.39, 0.29) is 6.04 Å². The highest BCUT2D eigenvalue weighted by atomic mass is 19.1. The van der Waals surface area contributed by atoms with E-state index in [1.807, 2.05) is 11.1 Å². The number of rotatable bonds is 4. The van der Waals surface area contributed by atoms with Gasteiger partial charge < -0.3 is 9.47 Å². The number of halogens is 1. The molecule has 0 bridgehead atoms. The topological polar surface area (TPSA) is 64.2 Å². The van der Waals surface area contributed by atoms with Gasteiger partial charge in [0.2, 0.25) is 5.82 Å². The third-order valence-electron chi connectivity index (χ3n) is 4.34. The SMILES string of the molecule is CCc1nccn1[C@@H]1CCCN(c2cccc(F)c2[N+](=O)[O-])C1. The number of para-hydroxylation sites is 1. The normalized spacial score (nSPS) is 18.2. The molecule has 1 aliphatic rings. The minimum absolute atomic E-state index is 0.198. The zero-order chi connectivity index (χ0) is 16.4. The molecule has 122 valence electrons. The fourth-order valence-corrected chi connectivity index (χ4v) is 3.29. The quantitative estimate of drug-likeness (QED) is 0.640. The van der Waals surface area contributed by atoms with Crippen LogP contribution in [-0.4, -0.2) is 27.6 Å². The van der Waals surface area contributed by atoms with Crippen molar-refractivity contribution in [3.63, 3.8) is 0 Å². The van der Waals surface area contributed by atoms with E-state index in [4.69, 9.17) is 0 Å². The summed E-state index contributed by atoms with van der Waals surface area (Å²) in [5.41, 5.74) is -0.0765. The molecule has 3 rings (SSSR count). The van der Waals surface area contributed by atoms with Gasteiger partial charge in [-0.25, -0.2) is 4.98 Å². The number of imidazole rings is 1. The van der Waals surface area contributed by atoms with Gasteiger partial charge in [0.1, 0.15) is 11.5 Å². The third kappa shape index (κ3) is 2.91. The van der Waals surface area contributed by atoms with E-state index in [0.29, 0.717) is 18.8 Å². The van der Waals surface area contributed by atoms with E-state index < -0.39 is 16.4 Å². The van der Waals surface area contributed by atoms with Crippen molar-refractivity contribution in [2.45, 2.75) is 32.2 Å². The maximum absolute atomic E-state index is 13.9. The average molecular weight is 318 g/mol. The number of piperidine rings is 1. The van der Waals surface area contributed by atoms with Crippen LogP contribution in [-0.2, 0) is 6.42 Å². The minimum atomic E-state index is -0.786. The van der Waals surface area contributed by atoms with Gasteiger partial charge in [-0.2, -0.15) is 4.39 Å². The molecule has 0 amide bonds. The van der Waals surface area contributed by atoms with Crippen LogP contribution >= 0.6 is 0 Å². The first-order valence-electron chi connectivity index (χ1n) is 7.81. The average Bonchev–Trinajstić information content (AvgIpc) is 3.03. The number of nitro benzene ring substituents is 1. The Labute approximate surface area is 133 Å². The van der Waals surface area contributed by atoms with Crippen LogP contribution in [0.15, 0.2) is 30.6 Å². The van der Waals surface area contributed by atoms with Crippen LogP contribution in [0.2, 0.25) is 0 Å². The van der Waals surface area contributed by atoms with Crippen LogP contribution in [0, 0.1) is 15.9 Å². The zero-order valence-corrected chi connectivity index (χ0v) is 13.0. The molecule has 0 saturated carbocycles. The molecule has 0 unspecified atom stereocenters. The van der Waals surface area contributed by atoms with Crippen molar-refractivity contribution in [1.29, 1.82) is 0 Å². The van der Waals surface area contributed by atoms with Gasteiger partial charge in [-0.05, 0) is 25.0 Å². The lowest BCUT2D eigenvalue weighted by Crippen LogP contribution is -2.37. The van der Waals surface area contributed by atoms with Gasteiger partial charge in [-0.1, -0.05) is 13.0 Å². The van der Waals surface area contributed by atoms with Gasteiger partial charge in [0, 0.05) is 31.9 Å². The Kier molecular flexibility index (Phi) is 4.27. The molecule has 7 heteroatoms. The summed E-state index contributed by atoms with van der Waals surface area (Å²) in [5, 5.41) is 11.2. The molecule has 0 N–H and O–H groups in total. The van der Waals surface area contributed by atoms with E-state index >= 15 is 0 Å². The van der Waals surface area contributed by atoms with Crippen LogP contribution in [0.3, 0.4) is 0 Å². The maximum atomic E-state index is 13.9. The van der Waals surface area contributed by atoms with Gasteiger partial charge >= 0.3 is 5.69 Å². The van der Waals surface area contributed by atoms with Crippen molar-refractivity contribution in [3.8, 4) is 0 Å². The summed E-state index contributed by atoms with van der Waals surface area (Å²) >= 11 is 0. The van der Waals surface area contributed by atoms with Crippen molar-refractivity contribution in [2.75, 3.05) is 18.0 Å². The summed E-state index contributed by atoms with van der Waals surface area (Å²) in [5.74, 6) is 0.220. The Morgan fingerprint density at radius 1 is 1.48 bits per heavy atom. The molecule has 2 aromatic rings. The molecular formula is C16H19FN4O2. The van der Waals surface area contributed by atoms with Crippen LogP contribution in [0.1, 0.15) is 31.6 Å².